The lowest BCUT2D eigenvalue weighted by atomic mass is 9.97. The number of hydrogen-bond acceptors (Lipinski definition) is 2. The molecule has 0 aliphatic heterocycles. The zero-order valence-electron chi connectivity index (χ0n) is 9.07. The van der Waals surface area contributed by atoms with E-state index in [1.165, 1.54) is 16.7 Å². The summed E-state index contributed by atoms with van der Waals surface area (Å²) in [6, 6.07) is 0. The van der Waals surface area contributed by atoms with E-state index in [1.54, 1.807) is 6.33 Å². The van der Waals surface area contributed by atoms with Crippen molar-refractivity contribution in [2.45, 2.75) is 33.6 Å². The van der Waals surface area contributed by atoms with Crippen LogP contribution in [-0.2, 0) is 0 Å². The standard InChI is InChI=1S/C11H15N3/c1-7(2)10-5-14-11(12-6-13-14)9(4)8(10)3/h5-7H,1-4H3. The molecular weight excluding hydrogens is 174 g/mol. The lowest BCUT2D eigenvalue weighted by Crippen LogP contribution is -2.01. The second-order valence-electron chi connectivity index (χ2n) is 4.02. The number of aryl methyl sites for hydroxylation is 1. The van der Waals surface area contributed by atoms with Crippen LogP contribution in [0.15, 0.2) is 12.5 Å². The fraction of sp³-hybridized carbons (Fsp3) is 0.455. The zero-order chi connectivity index (χ0) is 10.3. The smallest absolute Gasteiger partial charge is 0.158 e. The van der Waals surface area contributed by atoms with E-state index in [4.69, 9.17) is 0 Å². The Kier molecular flexibility index (Phi) is 2.02. The minimum Gasteiger partial charge on any atom is -0.221 e. The van der Waals surface area contributed by atoms with Gasteiger partial charge in [-0.15, -0.1) is 0 Å². The molecule has 0 radical (unpaired) electrons. The van der Waals surface area contributed by atoms with Crippen LogP contribution in [0, 0.1) is 13.8 Å². The molecule has 3 nitrogen and oxygen atoms in total. The summed E-state index contributed by atoms with van der Waals surface area (Å²) in [7, 11) is 0. The first-order valence-corrected chi connectivity index (χ1v) is 4.90. The third-order valence-electron chi connectivity index (χ3n) is 2.79. The van der Waals surface area contributed by atoms with Crippen LogP contribution in [-0.4, -0.2) is 14.6 Å². The van der Waals surface area contributed by atoms with Crippen molar-refractivity contribution < 1.29 is 0 Å². The molecule has 0 aliphatic carbocycles. The summed E-state index contributed by atoms with van der Waals surface area (Å²) < 4.78 is 1.86. The summed E-state index contributed by atoms with van der Waals surface area (Å²) in [4.78, 5) is 4.23. The average Bonchev–Trinajstić information content (AvgIpc) is 2.58. The third-order valence-corrected chi connectivity index (χ3v) is 2.79. The Balaban J connectivity index is 2.80. The molecule has 0 atom stereocenters. The molecule has 0 aliphatic rings. The third kappa shape index (κ3) is 1.20. The molecule has 0 bridgehead atoms. The largest absolute Gasteiger partial charge is 0.221 e. The topological polar surface area (TPSA) is 30.2 Å². The molecule has 0 saturated heterocycles. The highest BCUT2D eigenvalue weighted by atomic mass is 15.3. The number of pyridine rings is 1. The fourth-order valence-corrected chi connectivity index (χ4v) is 1.81. The first-order valence-electron chi connectivity index (χ1n) is 4.90. The average molecular weight is 189 g/mol. The molecule has 3 heteroatoms. The number of nitrogens with zero attached hydrogens (tertiary/aromatic N) is 3. The molecule has 2 aromatic heterocycles. The minimum absolute atomic E-state index is 0.530. The maximum Gasteiger partial charge on any atom is 0.158 e. The van der Waals surface area contributed by atoms with Crippen molar-refractivity contribution in [3.63, 3.8) is 0 Å². The lowest BCUT2D eigenvalue weighted by molar-refractivity contribution is 0.821. The van der Waals surface area contributed by atoms with Crippen molar-refractivity contribution in [1.29, 1.82) is 0 Å². The fourth-order valence-electron chi connectivity index (χ4n) is 1.81. The van der Waals surface area contributed by atoms with Gasteiger partial charge in [0.05, 0.1) is 0 Å². The molecule has 0 unspecified atom stereocenters. The molecule has 2 rings (SSSR count). The Morgan fingerprint density at radius 2 is 1.93 bits per heavy atom. The van der Waals surface area contributed by atoms with Crippen LogP contribution in [0.4, 0.5) is 0 Å². The highest BCUT2D eigenvalue weighted by molar-refractivity contribution is 5.52. The second kappa shape index (κ2) is 3.08. The van der Waals surface area contributed by atoms with Gasteiger partial charge in [-0.2, -0.15) is 5.10 Å². The lowest BCUT2D eigenvalue weighted by Gasteiger charge is -2.12. The van der Waals surface area contributed by atoms with E-state index in [0.29, 0.717) is 5.92 Å². The predicted molar refractivity (Wildman–Crippen MR) is 56.6 cm³/mol. The molecule has 0 spiro atoms. The Bertz CT molecular complexity index is 469. The molecule has 0 fully saturated rings. The van der Waals surface area contributed by atoms with Crippen molar-refractivity contribution in [1.82, 2.24) is 14.6 Å². The zero-order valence-corrected chi connectivity index (χ0v) is 9.07. The van der Waals surface area contributed by atoms with Crippen molar-refractivity contribution in [2.75, 3.05) is 0 Å². The number of aromatic nitrogens is 3. The Morgan fingerprint density at radius 3 is 2.57 bits per heavy atom. The minimum atomic E-state index is 0.530. The van der Waals surface area contributed by atoms with Gasteiger partial charge in [0, 0.05) is 6.20 Å². The summed E-state index contributed by atoms with van der Waals surface area (Å²) in [5, 5.41) is 4.17. The van der Waals surface area contributed by atoms with Crippen LogP contribution in [0.25, 0.3) is 5.65 Å². The summed E-state index contributed by atoms with van der Waals surface area (Å²) >= 11 is 0. The van der Waals surface area contributed by atoms with Crippen LogP contribution in [0.5, 0.6) is 0 Å². The Hall–Kier alpha value is -1.38. The van der Waals surface area contributed by atoms with Crippen LogP contribution in [0.3, 0.4) is 0 Å². The molecule has 74 valence electrons. The Labute approximate surface area is 83.8 Å². The summed E-state index contributed by atoms with van der Waals surface area (Å²) in [5.41, 5.74) is 4.88. The van der Waals surface area contributed by atoms with E-state index in [0.717, 1.165) is 5.65 Å². The van der Waals surface area contributed by atoms with Crippen molar-refractivity contribution >= 4 is 5.65 Å². The SMILES string of the molecule is Cc1c(C(C)C)cn2ncnc2c1C. The molecular formula is C11H15N3. The predicted octanol–water partition coefficient (Wildman–Crippen LogP) is 2.47. The molecule has 14 heavy (non-hydrogen) atoms. The first kappa shape index (κ1) is 9.19. The van der Waals surface area contributed by atoms with E-state index >= 15 is 0 Å². The van der Waals surface area contributed by atoms with Gasteiger partial charge in [0.25, 0.3) is 0 Å². The summed E-state index contributed by atoms with van der Waals surface area (Å²) in [5.74, 6) is 0.530. The van der Waals surface area contributed by atoms with E-state index in [2.05, 4.69) is 44.0 Å². The van der Waals surface area contributed by atoms with Crippen molar-refractivity contribution in [3.05, 3.63) is 29.2 Å². The van der Waals surface area contributed by atoms with E-state index in [-0.39, 0.29) is 0 Å². The van der Waals surface area contributed by atoms with Gasteiger partial charge in [0.1, 0.15) is 6.33 Å². The molecule has 0 N–H and O–H groups in total. The number of hydrogen-bond donors (Lipinski definition) is 0. The van der Waals surface area contributed by atoms with Crippen LogP contribution in [0.2, 0.25) is 0 Å². The second-order valence-corrected chi connectivity index (χ2v) is 4.02. The van der Waals surface area contributed by atoms with Crippen LogP contribution >= 0.6 is 0 Å². The van der Waals surface area contributed by atoms with Gasteiger partial charge in [-0.1, -0.05) is 13.8 Å². The van der Waals surface area contributed by atoms with Crippen LogP contribution in [0.1, 0.15) is 36.5 Å². The molecule has 2 heterocycles. The van der Waals surface area contributed by atoms with Crippen molar-refractivity contribution in [2.24, 2.45) is 0 Å². The maximum atomic E-state index is 4.23. The summed E-state index contributed by atoms with van der Waals surface area (Å²) in [6.45, 7) is 8.65. The van der Waals surface area contributed by atoms with E-state index in [1.807, 2.05) is 4.52 Å². The van der Waals surface area contributed by atoms with E-state index in [9.17, 15) is 0 Å². The van der Waals surface area contributed by atoms with Gasteiger partial charge in [-0.05, 0) is 36.5 Å². The number of fused-ring (bicyclic) bond motifs is 1. The quantitative estimate of drug-likeness (QED) is 0.689. The summed E-state index contributed by atoms with van der Waals surface area (Å²) in [6.07, 6.45) is 3.68. The first-order chi connectivity index (χ1) is 6.61. The Morgan fingerprint density at radius 1 is 1.21 bits per heavy atom. The molecule has 2 aromatic rings. The molecule has 0 saturated carbocycles. The van der Waals surface area contributed by atoms with Gasteiger partial charge in [-0.3, -0.25) is 0 Å². The van der Waals surface area contributed by atoms with Gasteiger partial charge < -0.3 is 0 Å². The van der Waals surface area contributed by atoms with Gasteiger partial charge in [0.2, 0.25) is 0 Å². The molecule has 0 amide bonds. The van der Waals surface area contributed by atoms with Gasteiger partial charge >= 0.3 is 0 Å². The van der Waals surface area contributed by atoms with Gasteiger partial charge in [-0.25, -0.2) is 9.50 Å². The van der Waals surface area contributed by atoms with E-state index < -0.39 is 0 Å². The monoisotopic (exact) mass is 189 g/mol. The highest BCUT2D eigenvalue weighted by Gasteiger charge is 2.10. The van der Waals surface area contributed by atoms with Gasteiger partial charge in [0.15, 0.2) is 5.65 Å². The highest BCUT2D eigenvalue weighted by Crippen LogP contribution is 2.23. The molecule has 0 aromatic carbocycles. The van der Waals surface area contributed by atoms with Crippen molar-refractivity contribution in [3.8, 4) is 0 Å². The number of rotatable bonds is 1. The maximum absolute atomic E-state index is 4.23. The normalized spacial score (nSPS) is 11.5. The van der Waals surface area contributed by atoms with Crippen LogP contribution < -0.4 is 0 Å².